The lowest BCUT2D eigenvalue weighted by molar-refractivity contribution is -0.170. The topological polar surface area (TPSA) is 124 Å². The number of hydrogen-bond acceptors (Lipinski definition) is 4. The van der Waals surface area contributed by atoms with Crippen LogP contribution in [0.3, 0.4) is 0 Å². The van der Waals surface area contributed by atoms with Crippen LogP contribution in [0, 0.1) is 0 Å². The zero-order valence-corrected chi connectivity index (χ0v) is 15.5. The number of carbonyl (C=O) groups excluding carboxylic acids is 1. The van der Waals surface area contributed by atoms with Gasteiger partial charge in [0.2, 0.25) is 0 Å². The SMILES string of the molecule is C=CCN1CC[C@]23CC(=O)CC[C@@]2(O)[C@H]1Cc1ccc(O)cc13.Cl.O.O. The van der Waals surface area contributed by atoms with E-state index in [1.54, 1.807) is 12.1 Å². The second-order valence-electron chi connectivity index (χ2n) is 7.32. The summed E-state index contributed by atoms with van der Waals surface area (Å²) in [6.07, 6.45) is 4.74. The summed E-state index contributed by atoms with van der Waals surface area (Å²) in [4.78, 5) is 14.6. The maximum atomic E-state index is 12.3. The fourth-order valence-corrected chi connectivity index (χ4v) is 5.27. The van der Waals surface area contributed by atoms with Crippen molar-refractivity contribution in [3.8, 4) is 5.75 Å². The van der Waals surface area contributed by atoms with E-state index in [1.807, 2.05) is 12.1 Å². The molecule has 1 saturated carbocycles. The number of phenols is 1. The van der Waals surface area contributed by atoms with Gasteiger partial charge in [-0.25, -0.2) is 0 Å². The molecule has 0 aromatic heterocycles. The minimum Gasteiger partial charge on any atom is -0.508 e. The van der Waals surface area contributed by atoms with Gasteiger partial charge in [0.15, 0.2) is 0 Å². The van der Waals surface area contributed by atoms with Gasteiger partial charge < -0.3 is 21.2 Å². The Bertz CT molecular complexity index is 697. The van der Waals surface area contributed by atoms with Crippen LogP contribution in [0.1, 0.15) is 36.8 Å². The lowest BCUT2D eigenvalue weighted by Crippen LogP contribution is -2.73. The Morgan fingerprint density at radius 3 is 2.73 bits per heavy atom. The maximum absolute atomic E-state index is 12.3. The third-order valence-electron chi connectivity index (χ3n) is 6.32. The number of rotatable bonds is 2. The molecule has 2 fully saturated rings. The van der Waals surface area contributed by atoms with E-state index in [2.05, 4.69) is 11.5 Å². The highest BCUT2D eigenvalue weighted by molar-refractivity contribution is 5.85. The zero-order valence-electron chi connectivity index (χ0n) is 14.7. The van der Waals surface area contributed by atoms with Crippen molar-refractivity contribution < 1.29 is 26.0 Å². The molecule has 7 heteroatoms. The summed E-state index contributed by atoms with van der Waals surface area (Å²) >= 11 is 0. The first-order valence-corrected chi connectivity index (χ1v) is 8.41. The fraction of sp³-hybridized carbons (Fsp3) is 0.526. The molecule has 0 radical (unpaired) electrons. The second-order valence-corrected chi connectivity index (χ2v) is 7.32. The van der Waals surface area contributed by atoms with Crippen molar-refractivity contribution in [1.29, 1.82) is 0 Å². The van der Waals surface area contributed by atoms with Gasteiger partial charge in [0.05, 0.1) is 5.60 Å². The summed E-state index contributed by atoms with van der Waals surface area (Å²) in [5.74, 6) is 0.437. The maximum Gasteiger partial charge on any atom is 0.134 e. The Labute approximate surface area is 159 Å². The summed E-state index contributed by atoms with van der Waals surface area (Å²) in [6, 6.07) is 5.45. The quantitative estimate of drug-likeness (QED) is 0.727. The third-order valence-corrected chi connectivity index (χ3v) is 6.32. The van der Waals surface area contributed by atoms with Crippen LogP contribution in [-0.4, -0.2) is 56.6 Å². The van der Waals surface area contributed by atoms with Gasteiger partial charge in [-0.3, -0.25) is 9.69 Å². The van der Waals surface area contributed by atoms with Gasteiger partial charge in [0, 0.05) is 30.8 Å². The van der Waals surface area contributed by atoms with Crippen LogP contribution in [0.2, 0.25) is 0 Å². The molecule has 3 atom stereocenters. The first-order chi connectivity index (χ1) is 11.0. The molecule has 1 saturated heterocycles. The summed E-state index contributed by atoms with van der Waals surface area (Å²) in [5.41, 5.74) is 0.698. The van der Waals surface area contributed by atoms with Crippen LogP contribution in [0.15, 0.2) is 30.9 Å². The molecule has 1 aliphatic heterocycles. The van der Waals surface area contributed by atoms with Gasteiger partial charge in [0.1, 0.15) is 11.5 Å². The van der Waals surface area contributed by atoms with E-state index in [1.165, 1.54) is 0 Å². The van der Waals surface area contributed by atoms with E-state index < -0.39 is 11.0 Å². The van der Waals surface area contributed by atoms with Crippen molar-refractivity contribution >= 4 is 18.2 Å². The molecule has 26 heavy (non-hydrogen) atoms. The van der Waals surface area contributed by atoms with Crippen LogP contribution in [0.4, 0.5) is 0 Å². The highest BCUT2D eigenvalue weighted by Gasteiger charge is 2.64. The highest BCUT2D eigenvalue weighted by atomic mass is 35.5. The van der Waals surface area contributed by atoms with Gasteiger partial charge in [-0.2, -0.15) is 0 Å². The number of Topliss-reactive ketones (excluding diaryl/α,β-unsaturated/α-hetero) is 1. The molecule has 0 unspecified atom stereocenters. The van der Waals surface area contributed by atoms with Crippen LogP contribution >= 0.6 is 12.4 Å². The Balaban J connectivity index is 0.00000113. The predicted molar refractivity (Wildman–Crippen MR) is 102 cm³/mol. The standard InChI is InChI=1S/C19H23NO3.ClH.2H2O/c1-2-8-20-9-7-18-12-15(22)5-6-19(18,23)17(20)10-13-3-4-14(21)11-16(13)18;;;/h2-4,11,17,21,23H,1,5-10,12H2;1H;2*1H2/t17-,18-,19-;;;/m1.../s1. The summed E-state index contributed by atoms with van der Waals surface area (Å²) in [5, 5.41) is 21.7. The van der Waals surface area contributed by atoms with Crippen molar-refractivity contribution in [2.45, 2.75) is 49.2 Å². The van der Waals surface area contributed by atoms with E-state index in [0.717, 1.165) is 37.1 Å². The van der Waals surface area contributed by atoms with Crippen molar-refractivity contribution in [1.82, 2.24) is 4.90 Å². The predicted octanol–water partition coefficient (Wildman–Crippen LogP) is 0.703. The number of benzene rings is 1. The summed E-state index contributed by atoms with van der Waals surface area (Å²) in [6.45, 7) is 5.45. The smallest absolute Gasteiger partial charge is 0.134 e. The monoisotopic (exact) mass is 385 g/mol. The van der Waals surface area contributed by atoms with E-state index in [-0.39, 0.29) is 40.9 Å². The molecule has 2 aliphatic carbocycles. The number of piperidine rings is 1. The molecular weight excluding hydrogens is 358 g/mol. The lowest BCUT2D eigenvalue weighted by atomic mass is 9.49. The zero-order chi connectivity index (χ0) is 16.2. The van der Waals surface area contributed by atoms with Crippen molar-refractivity contribution in [3.05, 3.63) is 42.0 Å². The van der Waals surface area contributed by atoms with Crippen LogP contribution in [-0.2, 0) is 16.6 Å². The molecule has 2 bridgehead atoms. The molecule has 1 heterocycles. The molecular formula is C19H28ClNO5. The fourth-order valence-electron chi connectivity index (χ4n) is 5.27. The van der Waals surface area contributed by atoms with Crippen LogP contribution in [0.25, 0.3) is 0 Å². The number of aliphatic hydroxyl groups is 1. The van der Waals surface area contributed by atoms with Gasteiger partial charge in [-0.1, -0.05) is 12.1 Å². The average Bonchev–Trinajstić information content (AvgIpc) is 2.52. The number of phenolic OH excluding ortho intramolecular Hbond substituents is 1. The molecule has 3 aliphatic rings. The van der Waals surface area contributed by atoms with E-state index in [4.69, 9.17) is 0 Å². The number of likely N-dealkylation sites (tertiary alicyclic amines) is 1. The molecule has 1 aromatic carbocycles. The number of carbonyl (C=O) groups is 1. The lowest BCUT2D eigenvalue weighted by Gasteiger charge is -2.63. The minimum absolute atomic E-state index is 0. The second kappa shape index (κ2) is 7.66. The summed E-state index contributed by atoms with van der Waals surface area (Å²) in [7, 11) is 0. The van der Waals surface area contributed by atoms with E-state index >= 15 is 0 Å². The average molecular weight is 386 g/mol. The Kier molecular flexibility index (Phi) is 6.66. The molecule has 146 valence electrons. The number of fused-ring (bicyclic) bond motifs is 1. The third kappa shape index (κ3) is 2.86. The van der Waals surface area contributed by atoms with Gasteiger partial charge in [-0.05, 0) is 49.1 Å². The van der Waals surface area contributed by atoms with Crippen LogP contribution in [0.5, 0.6) is 5.75 Å². The van der Waals surface area contributed by atoms with E-state index in [0.29, 0.717) is 19.3 Å². The highest BCUT2D eigenvalue weighted by Crippen LogP contribution is 2.57. The molecule has 0 amide bonds. The first kappa shape index (κ1) is 22.6. The number of nitrogens with zero attached hydrogens (tertiary/aromatic N) is 1. The minimum atomic E-state index is -0.900. The number of halogens is 1. The molecule has 1 aromatic rings. The van der Waals surface area contributed by atoms with Gasteiger partial charge >= 0.3 is 0 Å². The largest absolute Gasteiger partial charge is 0.508 e. The van der Waals surface area contributed by atoms with Crippen molar-refractivity contribution in [2.24, 2.45) is 0 Å². The Hall–Kier alpha value is -1.44. The van der Waals surface area contributed by atoms with Gasteiger partial charge in [-0.15, -0.1) is 19.0 Å². The first-order valence-electron chi connectivity index (χ1n) is 8.41. The molecule has 6 N–H and O–H groups in total. The van der Waals surface area contributed by atoms with Gasteiger partial charge in [0.25, 0.3) is 0 Å². The Morgan fingerprint density at radius 2 is 2.04 bits per heavy atom. The van der Waals surface area contributed by atoms with E-state index in [9.17, 15) is 15.0 Å². The number of aromatic hydroxyl groups is 1. The molecule has 6 nitrogen and oxygen atoms in total. The summed E-state index contributed by atoms with van der Waals surface area (Å²) < 4.78 is 0. The molecule has 0 spiro atoms. The Morgan fingerprint density at radius 1 is 1.31 bits per heavy atom. The normalized spacial score (nSPS) is 32.0. The molecule has 4 rings (SSSR count). The number of hydrogen-bond donors (Lipinski definition) is 2. The number of ketones is 1. The van der Waals surface area contributed by atoms with Crippen molar-refractivity contribution in [2.75, 3.05) is 13.1 Å². The van der Waals surface area contributed by atoms with Crippen molar-refractivity contribution in [3.63, 3.8) is 0 Å². The van der Waals surface area contributed by atoms with Crippen LogP contribution < -0.4 is 0 Å².